The smallest absolute Gasteiger partial charge is 0.257 e. The number of aryl methyl sites for hydroxylation is 1. The standard InChI is InChI=1S/C17H18N2O/c1-13-7-8-16-15(11-13)17(20)19(12-18-16)10-9-14-5-3-2-4-6-14/h2-8,11,18H,9-10,12H2,1H3. The summed E-state index contributed by atoms with van der Waals surface area (Å²) in [5.41, 5.74) is 4.10. The van der Waals surface area contributed by atoms with Gasteiger partial charge in [0, 0.05) is 12.2 Å². The molecule has 2 aromatic rings. The Morgan fingerprint density at radius 1 is 1.15 bits per heavy atom. The van der Waals surface area contributed by atoms with Crippen LogP contribution in [0.2, 0.25) is 0 Å². The summed E-state index contributed by atoms with van der Waals surface area (Å²) >= 11 is 0. The van der Waals surface area contributed by atoms with Gasteiger partial charge in [-0.15, -0.1) is 0 Å². The normalized spacial score (nSPS) is 13.8. The summed E-state index contributed by atoms with van der Waals surface area (Å²) in [4.78, 5) is 14.3. The van der Waals surface area contributed by atoms with Crippen molar-refractivity contribution in [2.75, 3.05) is 18.5 Å². The van der Waals surface area contributed by atoms with Gasteiger partial charge in [-0.2, -0.15) is 0 Å². The van der Waals surface area contributed by atoms with Gasteiger partial charge >= 0.3 is 0 Å². The van der Waals surface area contributed by atoms with Gasteiger partial charge < -0.3 is 10.2 Å². The van der Waals surface area contributed by atoms with E-state index < -0.39 is 0 Å². The maximum absolute atomic E-state index is 12.5. The maximum atomic E-state index is 12.5. The topological polar surface area (TPSA) is 32.3 Å². The van der Waals surface area contributed by atoms with Crippen LogP contribution in [0.1, 0.15) is 21.5 Å². The first-order valence-electron chi connectivity index (χ1n) is 6.92. The third kappa shape index (κ3) is 2.52. The van der Waals surface area contributed by atoms with Crippen molar-refractivity contribution in [3.05, 3.63) is 65.2 Å². The van der Waals surface area contributed by atoms with Crippen molar-refractivity contribution in [3.8, 4) is 0 Å². The molecule has 3 heteroatoms. The molecule has 0 radical (unpaired) electrons. The van der Waals surface area contributed by atoms with Crippen LogP contribution < -0.4 is 5.32 Å². The Bertz CT molecular complexity index is 622. The first-order valence-corrected chi connectivity index (χ1v) is 6.92. The largest absolute Gasteiger partial charge is 0.367 e. The van der Waals surface area contributed by atoms with E-state index in [0.29, 0.717) is 6.67 Å². The summed E-state index contributed by atoms with van der Waals surface area (Å²) in [5.74, 6) is 0.124. The molecule has 3 rings (SSSR count). The van der Waals surface area contributed by atoms with Crippen LogP contribution in [0.15, 0.2) is 48.5 Å². The zero-order valence-electron chi connectivity index (χ0n) is 11.6. The van der Waals surface area contributed by atoms with Crippen LogP contribution in [-0.2, 0) is 6.42 Å². The lowest BCUT2D eigenvalue weighted by atomic mass is 10.1. The fraction of sp³-hybridized carbons (Fsp3) is 0.235. The molecule has 0 fully saturated rings. The molecule has 1 N–H and O–H groups in total. The molecule has 0 aromatic heterocycles. The van der Waals surface area contributed by atoms with Gasteiger partial charge in [0.2, 0.25) is 0 Å². The van der Waals surface area contributed by atoms with E-state index in [0.717, 1.165) is 29.8 Å². The molecule has 0 bridgehead atoms. The second-order valence-corrected chi connectivity index (χ2v) is 5.19. The quantitative estimate of drug-likeness (QED) is 0.926. The minimum Gasteiger partial charge on any atom is -0.367 e. The number of hydrogen-bond acceptors (Lipinski definition) is 2. The van der Waals surface area contributed by atoms with Crippen LogP contribution in [0.5, 0.6) is 0 Å². The van der Waals surface area contributed by atoms with E-state index in [4.69, 9.17) is 0 Å². The zero-order valence-corrected chi connectivity index (χ0v) is 11.6. The van der Waals surface area contributed by atoms with Gasteiger partial charge in [0.05, 0.1) is 12.2 Å². The Labute approximate surface area is 119 Å². The van der Waals surface area contributed by atoms with Gasteiger partial charge in [0.15, 0.2) is 0 Å². The lowest BCUT2D eigenvalue weighted by Gasteiger charge is -2.30. The van der Waals surface area contributed by atoms with Crippen molar-refractivity contribution in [1.82, 2.24) is 4.90 Å². The maximum Gasteiger partial charge on any atom is 0.257 e. The van der Waals surface area contributed by atoms with E-state index in [-0.39, 0.29) is 5.91 Å². The number of nitrogens with one attached hydrogen (secondary N) is 1. The molecule has 1 amide bonds. The van der Waals surface area contributed by atoms with Crippen LogP contribution in [0.3, 0.4) is 0 Å². The summed E-state index contributed by atoms with van der Waals surface area (Å²) in [5, 5.41) is 3.31. The highest BCUT2D eigenvalue weighted by atomic mass is 16.2. The predicted molar refractivity (Wildman–Crippen MR) is 80.9 cm³/mol. The highest BCUT2D eigenvalue weighted by Crippen LogP contribution is 2.23. The van der Waals surface area contributed by atoms with Gasteiger partial charge in [0.25, 0.3) is 5.91 Å². The fourth-order valence-corrected chi connectivity index (χ4v) is 2.50. The van der Waals surface area contributed by atoms with Crippen LogP contribution in [0.4, 0.5) is 5.69 Å². The van der Waals surface area contributed by atoms with Crippen molar-refractivity contribution >= 4 is 11.6 Å². The molecule has 1 heterocycles. The second-order valence-electron chi connectivity index (χ2n) is 5.19. The summed E-state index contributed by atoms with van der Waals surface area (Å²) in [6.45, 7) is 3.33. The van der Waals surface area contributed by atoms with Gasteiger partial charge in [-0.1, -0.05) is 42.0 Å². The summed E-state index contributed by atoms with van der Waals surface area (Å²) < 4.78 is 0. The molecule has 0 aliphatic carbocycles. The molecule has 0 unspecified atom stereocenters. The number of nitrogens with zero attached hydrogens (tertiary/aromatic N) is 1. The van der Waals surface area contributed by atoms with Crippen LogP contribution in [-0.4, -0.2) is 24.0 Å². The average Bonchev–Trinajstić information content (AvgIpc) is 2.48. The first kappa shape index (κ1) is 12.7. The van der Waals surface area contributed by atoms with E-state index >= 15 is 0 Å². The number of rotatable bonds is 3. The average molecular weight is 266 g/mol. The lowest BCUT2D eigenvalue weighted by Crippen LogP contribution is -2.41. The summed E-state index contributed by atoms with van der Waals surface area (Å²) in [6.07, 6.45) is 0.884. The molecule has 0 atom stereocenters. The van der Waals surface area contributed by atoms with E-state index in [1.54, 1.807) is 0 Å². The van der Waals surface area contributed by atoms with Gasteiger partial charge in [-0.3, -0.25) is 4.79 Å². The van der Waals surface area contributed by atoms with Crippen molar-refractivity contribution in [1.29, 1.82) is 0 Å². The first-order chi connectivity index (χ1) is 9.74. The lowest BCUT2D eigenvalue weighted by molar-refractivity contribution is 0.0760. The van der Waals surface area contributed by atoms with Gasteiger partial charge in [-0.05, 0) is 31.0 Å². The van der Waals surface area contributed by atoms with E-state index in [2.05, 4.69) is 17.4 Å². The fourth-order valence-electron chi connectivity index (χ4n) is 2.50. The molecule has 20 heavy (non-hydrogen) atoms. The van der Waals surface area contributed by atoms with E-state index in [9.17, 15) is 4.79 Å². The minimum absolute atomic E-state index is 0.124. The molecule has 0 saturated carbocycles. The van der Waals surface area contributed by atoms with Gasteiger partial charge in [0.1, 0.15) is 0 Å². The number of carbonyl (C=O) groups excluding carboxylic acids is 1. The molecule has 1 aliphatic heterocycles. The molecule has 0 saturated heterocycles. The molecular weight excluding hydrogens is 248 g/mol. The zero-order chi connectivity index (χ0) is 13.9. The molecule has 0 spiro atoms. The number of benzene rings is 2. The van der Waals surface area contributed by atoms with E-state index in [1.807, 2.05) is 48.2 Å². The van der Waals surface area contributed by atoms with Crippen molar-refractivity contribution in [3.63, 3.8) is 0 Å². The van der Waals surface area contributed by atoms with Crippen molar-refractivity contribution in [2.45, 2.75) is 13.3 Å². The minimum atomic E-state index is 0.124. The molecular formula is C17H18N2O. The molecule has 3 nitrogen and oxygen atoms in total. The van der Waals surface area contributed by atoms with Crippen LogP contribution in [0.25, 0.3) is 0 Å². The molecule has 102 valence electrons. The third-order valence-corrected chi connectivity index (χ3v) is 3.67. The Kier molecular flexibility index (Phi) is 3.42. The Morgan fingerprint density at radius 2 is 1.95 bits per heavy atom. The number of fused-ring (bicyclic) bond motifs is 1. The monoisotopic (exact) mass is 266 g/mol. The predicted octanol–water partition coefficient (Wildman–Crippen LogP) is 3.06. The third-order valence-electron chi connectivity index (χ3n) is 3.67. The van der Waals surface area contributed by atoms with Gasteiger partial charge in [-0.25, -0.2) is 0 Å². The van der Waals surface area contributed by atoms with Crippen molar-refractivity contribution in [2.24, 2.45) is 0 Å². The molecule has 1 aliphatic rings. The molecule has 2 aromatic carbocycles. The van der Waals surface area contributed by atoms with Crippen molar-refractivity contribution < 1.29 is 4.79 Å². The second kappa shape index (κ2) is 5.37. The van der Waals surface area contributed by atoms with Crippen LogP contribution >= 0.6 is 0 Å². The summed E-state index contributed by atoms with van der Waals surface area (Å²) in [7, 11) is 0. The number of anilines is 1. The number of hydrogen-bond donors (Lipinski definition) is 1. The number of carbonyl (C=O) groups is 1. The summed E-state index contributed by atoms with van der Waals surface area (Å²) in [6, 6.07) is 16.2. The van der Waals surface area contributed by atoms with Crippen LogP contribution in [0, 0.1) is 6.92 Å². The highest BCUT2D eigenvalue weighted by Gasteiger charge is 2.23. The Balaban J connectivity index is 1.72. The SMILES string of the molecule is Cc1ccc2c(c1)C(=O)N(CCc1ccccc1)CN2. The highest BCUT2D eigenvalue weighted by molar-refractivity contribution is 6.01. The number of amides is 1. The van der Waals surface area contributed by atoms with E-state index in [1.165, 1.54) is 5.56 Å². The Hall–Kier alpha value is -2.29. The Morgan fingerprint density at radius 3 is 2.75 bits per heavy atom.